The van der Waals surface area contributed by atoms with Gasteiger partial charge in [-0.15, -0.1) is 0 Å². The van der Waals surface area contributed by atoms with Gasteiger partial charge < -0.3 is 9.88 Å². The maximum atomic E-state index is 13.7. The summed E-state index contributed by atoms with van der Waals surface area (Å²) in [6.07, 6.45) is 0.895. The second-order valence-corrected chi connectivity index (χ2v) is 10.4. The number of anilines is 1. The number of para-hydroxylation sites is 1. The summed E-state index contributed by atoms with van der Waals surface area (Å²) in [5, 5.41) is 5.12. The first-order chi connectivity index (χ1) is 15.8. The van der Waals surface area contributed by atoms with E-state index in [0.29, 0.717) is 24.1 Å². The molecular formula is C27H33N3O2S. The van der Waals surface area contributed by atoms with Crippen molar-refractivity contribution < 1.29 is 9.59 Å². The van der Waals surface area contributed by atoms with Gasteiger partial charge in [0, 0.05) is 35.7 Å². The number of benzene rings is 2. The predicted octanol–water partition coefficient (Wildman–Crippen LogP) is 5.64. The Labute approximate surface area is 200 Å². The molecule has 0 bridgehead atoms. The summed E-state index contributed by atoms with van der Waals surface area (Å²) in [4.78, 5) is 28.9. The number of nitrogens with zero attached hydrogens (tertiary/aromatic N) is 2. The van der Waals surface area contributed by atoms with Crippen molar-refractivity contribution in [2.24, 2.45) is 13.0 Å². The molecule has 2 heterocycles. The van der Waals surface area contributed by atoms with E-state index in [1.807, 2.05) is 31.3 Å². The van der Waals surface area contributed by atoms with Gasteiger partial charge in [0.1, 0.15) is 6.04 Å². The Morgan fingerprint density at radius 3 is 2.45 bits per heavy atom. The number of hydrogen-bond donors (Lipinski definition) is 1. The van der Waals surface area contributed by atoms with Crippen LogP contribution in [-0.2, 0) is 16.6 Å². The maximum absolute atomic E-state index is 13.7. The topological polar surface area (TPSA) is 54.3 Å². The van der Waals surface area contributed by atoms with E-state index in [2.05, 4.69) is 61.8 Å². The Hall–Kier alpha value is -2.73. The molecule has 4 rings (SSSR count). The molecule has 6 heteroatoms. The standard InChI is InChI=1S/C27H33N3O2S/c1-17(2)14-15-28-26(32)25-24-21-8-6-7-9-22(21)29(5)27(24)33-16-23(31)30(25)20-12-10-19(11-13-20)18(3)4/h6-13,17-18,25H,14-16H2,1-5H3,(H,28,32)/t25-/m1/s1. The molecule has 2 aromatic carbocycles. The van der Waals surface area contributed by atoms with Crippen LogP contribution in [0.1, 0.15) is 57.2 Å². The molecule has 0 spiro atoms. The summed E-state index contributed by atoms with van der Waals surface area (Å²) >= 11 is 1.52. The van der Waals surface area contributed by atoms with Crippen LogP contribution in [0.3, 0.4) is 0 Å². The van der Waals surface area contributed by atoms with Gasteiger partial charge in [0.15, 0.2) is 0 Å². The Morgan fingerprint density at radius 2 is 1.79 bits per heavy atom. The first kappa shape index (κ1) is 23.4. The fourth-order valence-corrected chi connectivity index (χ4v) is 5.52. The Morgan fingerprint density at radius 1 is 1.09 bits per heavy atom. The highest BCUT2D eigenvalue weighted by molar-refractivity contribution is 8.00. The number of hydrogen-bond acceptors (Lipinski definition) is 3. The molecule has 1 aliphatic rings. The number of aromatic nitrogens is 1. The smallest absolute Gasteiger partial charge is 0.247 e. The molecule has 0 radical (unpaired) electrons. The number of aryl methyl sites for hydroxylation is 1. The summed E-state index contributed by atoms with van der Waals surface area (Å²) in [6.45, 7) is 9.17. The van der Waals surface area contributed by atoms with E-state index in [1.54, 1.807) is 4.90 Å². The molecule has 1 aromatic heterocycles. The van der Waals surface area contributed by atoms with Crippen molar-refractivity contribution in [2.45, 2.75) is 51.1 Å². The number of carbonyl (C=O) groups excluding carboxylic acids is 2. The van der Waals surface area contributed by atoms with Crippen molar-refractivity contribution >= 4 is 40.2 Å². The zero-order chi connectivity index (χ0) is 23.7. The molecule has 1 N–H and O–H groups in total. The molecule has 3 aromatic rings. The highest BCUT2D eigenvalue weighted by Crippen LogP contribution is 2.43. The molecule has 1 aliphatic heterocycles. The van der Waals surface area contributed by atoms with E-state index >= 15 is 0 Å². The first-order valence-corrected chi connectivity index (χ1v) is 12.7. The predicted molar refractivity (Wildman–Crippen MR) is 137 cm³/mol. The van der Waals surface area contributed by atoms with Gasteiger partial charge in [-0.05, 0) is 42.0 Å². The van der Waals surface area contributed by atoms with Gasteiger partial charge in [0.25, 0.3) is 0 Å². The number of carbonyl (C=O) groups is 2. The van der Waals surface area contributed by atoms with Crippen LogP contribution in [0.4, 0.5) is 5.69 Å². The van der Waals surface area contributed by atoms with Crippen LogP contribution in [0.25, 0.3) is 10.9 Å². The molecule has 0 saturated carbocycles. The van der Waals surface area contributed by atoms with E-state index in [-0.39, 0.29) is 11.8 Å². The SMILES string of the molecule is CC(C)CCNC(=O)[C@H]1c2c(n(C)c3ccccc23)SCC(=O)N1c1ccc(C(C)C)cc1. The Balaban J connectivity index is 1.86. The van der Waals surface area contributed by atoms with Crippen LogP contribution in [0, 0.1) is 5.92 Å². The average Bonchev–Trinajstić information content (AvgIpc) is 2.96. The lowest BCUT2D eigenvalue weighted by Crippen LogP contribution is -2.44. The van der Waals surface area contributed by atoms with Gasteiger partial charge in [0.2, 0.25) is 11.8 Å². The van der Waals surface area contributed by atoms with Crippen LogP contribution >= 0.6 is 11.8 Å². The van der Waals surface area contributed by atoms with Gasteiger partial charge >= 0.3 is 0 Å². The highest BCUT2D eigenvalue weighted by atomic mass is 32.2. The molecule has 174 valence electrons. The third kappa shape index (κ3) is 4.54. The zero-order valence-corrected chi connectivity index (χ0v) is 20.9. The summed E-state index contributed by atoms with van der Waals surface area (Å²) in [7, 11) is 2.01. The van der Waals surface area contributed by atoms with Crippen LogP contribution in [0.15, 0.2) is 53.6 Å². The summed E-state index contributed by atoms with van der Waals surface area (Å²) in [5.74, 6) is 0.996. The maximum Gasteiger partial charge on any atom is 0.247 e. The number of fused-ring (bicyclic) bond motifs is 3. The molecule has 0 fully saturated rings. The molecule has 0 aliphatic carbocycles. The van der Waals surface area contributed by atoms with Crippen molar-refractivity contribution in [3.8, 4) is 0 Å². The molecular weight excluding hydrogens is 430 g/mol. The second kappa shape index (κ2) is 9.64. The normalized spacial score (nSPS) is 16.4. The van der Waals surface area contributed by atoms with Gasteiger partial charge in [0.05, 0.1) is 10.8 Å². The number of amides is 2. The zero-order valence-electron chi connectivity index (χ0n) is 20.1. The fraction of sp³-hybridized carbons (Fsp3) is 0.407. The van der Waals surface area contributed by atoms with Crippen LogP contribution in [-0.4, -0.2) is 28.7 Å². The molecule has 5 nitrogen and oxygen atoms in total. The number of thioether (sulfide) groups is 1. The van der Waals surface area contributed by atoms with E-state index in [9.17, 15) is 9.59 Å². The minimum atomic E-state index is -0.717. The molecule has 33 heavy (non-hydrogen) atoms. The van der Waals surface area contributed by atoms with Crippen LogP contribution in [0.5, 0.6) is 0 Å². The third-order valence-electron chi connectivity index (χ3n) is 6.33. The summed E-state index contributed by atoms with van der Waals surface area (Å²) < 4.78 is 2.11. The van der Waals surface area contributed by atoms with Gasteiger partial charge in [-0.3, -0.25) is 14.5 Å². The van der Waals surface area contributed by atoms with E-state index < -0.39 is 6.04 Å². The molecule has 2 amide bonds. The van der Waals surface area contributed by atoms with Crippen molar-refractivity contribution in [1.29, 1.82) is 0 Å². The summed E-state index contributed by atoms with van der Waals surface area (Å²) in [6, 6.07) is 15.5. The van der Waals surface area contributed by atoms with E-state index in [1.165, 1.54) is 17.3 Å². The lowest BCUT2D eigenvalue weighted by molar-refractivity contribution is -0.125. The minimum Gasteiger partial charge on any atom is -0.354 e. The third-order valence-corrected chi connectivity index (χ3v) is 7.49. The second-order valence-electron chi connectivity index (χ2n) is 9.47. The van der Waals surface area contributed by atoms with Crippen LogP contribution < -0.4 is 10.2 Å². The van der Waals surface area contributed by atoms with Crippen molar-refractivity contribution in [3.05, 3.63) is 59.7 Å². The first-order valence-electron chi connectivity index (χ1n) is 11.7. The Bertz CT molecular complexity index is 1160. The minimum absolute atomic E-state index is 0.0541. The molecule has 1 atom stereocenters. The van der Waals surface area contributed by atoms with Crippen molar-refractivity contribution in [2.75, 3.05) is 17.2 Å². The molecule has 0 saturated heterocycles. The highest BCUT2D eigenvalue weighted by Gasteiger charge is 2.39. The van der Waals surface area contributed by atoms with E-state index in [4.69, 9.17) is 0 Å². The van der Waals surface area contributed by atoms with Crippen LogP contribution in [0.2, 0.25) is 0 Å². The fourth-order valence-electron chi connectivity index (χ4n) is 4.45. The monoisotopic (exact) mass is 463 g/mol. The number of rotatable bonds is 6. The van der Waals surface area contributed by atoms with E-state index in [0.717, 1.165) is 33.6 Å². The quantitative estimate of drug-likeness (QED) is 0.514. The van der Waals surface area contributed by atoms with Crippen molar-refractivity contribution in [3.63, 3.8) is 0 Å². The lowest BCUT2D eigenvalue weighted by atomic mass is 10.00. The largest absolute Gasteiger partial charge is 0.354 e. The van der Waals surface area contributed by atoms with Crippen molar-refractivity contribution in [1.82, 2.24) is 9.88 Å². The van der Waals surface area contributed by atoms with Gasteiger partial charge in [-0.25, -0.2) is 0 Å². The number of nitrogens with one attached hydrogen (secondary N) is 1. The summed E-state index contributed by atoms with van der Waals surface area (Å²) in [5.41, 5.74) is 3.95. The molecule has 0 unspecified atom stereocenters. The lowest BCUT2D eigenvalue weighted by Gasteiger charge is -2.30. The average molecular weight is 464 g/mol. The van der Waals surface area contributed by atoms with Gasteiger partial charge in [-0.2, -0.15) is 0 Å². The van der Waals surface area contributed by atoms with Gasteiger partial charge in [-0.1, -0.05) is 69.8 Å². The Kier molecular flexibility index (Phi) is 6.84.